The maximum Gasteiger partial charge on any atom is 0.240 e. The fourth-order valence-corrected chi connectivity index (χ4v) is 3.06. The van der Waals surface area contributed by atoms with Crippen molar-refractivity contribution in [2.45, 2.75) is 11.3 Å². The van der Waals surface area contributed by atoms with Gasteiger partial charge in [0.2, 0.25) is 10.0 Å². The van der Waals surface area contributed by atoms with E-state index in [1.165, 1.54) is 13.2 Å². The Balaban J connectivity index is 2.00. The molecule has 0 aliphatic rings. The van der Waals surface area contributed by atoms with Crippen LogP contribution in [-0.4, -0.2) is 29.2 Å². The van der Waals surface area contributed by atoms with Crippen molar-refractivity contribution in [1.82, 2.24) is 4.72 Å². The number of methoxy groups -OCH3 is 2. The van der Waals surface area contributed by atoms with E-state index in [0.29, 0.717) is 6.42 Å². The molecule has 0 saturated heterocycles. The average Bonchev–Trinajstić information content (AvgIpc) is 2.55. The first-order valence-corrected chi connectivity index (χ1v) is 8.40. The lowest BCUT2D eigenvalue weighted by Gasteiger charge is -2.09. The molecule has 0 aliphatic heterocycles. The number of halogens is 1. The number of rotatable bonds is 7. The van der Waals surface area contributed by atoms with Crippen LogP contribution in [0.5, 0.6) is 11.5 Å². The summed E-state index contributed by atoms with van der Waals surface area (Å²) in [5.41, 5.74) is 0.977. The summed E-state index contributed by atoms with van der Waals surface area (Å²) in [5, 5.41) is 0. The predicted molar refractivity (Wildman–Crippen MR) is 84.8 cm³/mol. The summed E-state index contributed by atoms with van der Waals surface area (Å²) in [6.45, 7) is 0.231. The molecule has 2 aromatic rings. The summed E-state index contributed by atoms with van der Waals surface area (Å²) in [5.74, 6) is 0.0282. The maximum atomic E-state index is 13.3. The maximum absolute atomic E-state index is 13.3. The van der Waals surface area contributed by atoms with Gasteiger partial charge in [0.25, 0.3) is 0 Å². The molecule has 2 rings (SSSR count). The van der Waals surface area contributed by atoms with Crippen molar-refractivity contribution in [2.75, 3.05) is 20.8 Å². The summed E-state index contributed by atoms with van der Waals surface area (Å²) in [7, 11) is -0.847. The second-order valence-corrected chi connectivity index (χ2v) is 6.56. The third-order valence-corrected chi connectivity index (χ3v) is 4.76. The molecule has 0 atom stereocenters. The molecule has 0 bridgehead atoms. The number of hydrogen-bond acceptors (Lipinski definition) is 4. The smallest absolute Gasteiger partial charge is 0.240 e. The first-order valence-electron chi connectivity index (χ1n) is 6.92. The number of sulfonamides is 1. The van der Waals surface area contributed by atoms with Gasteiger partial charge in [-0.3, -0.25) is 0 Å². The van der Waals surface area contributed by atoms with Gasteiger partial charge in [-0.25, -0.2) is 17.5 Å². The van der Waals surface area contributed by atoms with Gasteiger partial charge in [-0.15, -0.1) is 0 Å². The molecule has 7 heteroatoms. The SMILES string of the molecule is COc1ccc(CCNS(=O)(=O)c2ccc(F)c(OC)c2)cc1. The summed E-state index contributed by atoms with van der Waals surface area (Å²) in [6.07, 6.45) is 0.529. The second kappa shape index (κ2) is 7.43. The van der Waals surface area contributed by atoms with Gasteiger partial charge in [-0.05, 0) is 36.2 Å². The Labute approximate surface area is 135 Å². The van der Waals surface area contributed by atoms with Gasteiger partial charge in [0, 0.05) is 12.6 Å². The molecule has 23 heavy (non-hydrogen) atoms. The summed E-state index contributed by atoms with van der Waals surface area (Å²) in [6, 6.07) is 10.8. The lowest BCUT2D eigenvalue weighted by atomic mass is 10.1. The largest absolute Gasteiger partial charge is 0.497 e. The third-order valence-electron chi connectivity index (χ3n) is 3.30. The van der Waals surface area contributed by atoms with E-state index in [2.05, 4.69) is 4.72 Å². The molecule has 1 N–H and O–H groups in total. The van der Waals surface area contributed by atoms with Crippen molar-refractivity contribution in [2.24, 2.45) is 0 Å². The highest BCUT2D eigenvalue weighted by Gasteiger charge is 2.16. The van der Waals surface area contributed by atoms with Crippen LogP contribution < -0.4 is 14.2 Å². The van der Waals surface area contributed by atoms with Crippen LogP contribution in [0.4, 0.5) is 4.39 Å². The second-order valence-electron chi connectivity index (χ2n) is 4.79. The van der Waals surface area contributed by atoms with Crippen LogP contribution in [0.2, 0.25) is 0 Å². The van der Waals surface area contributed by atoms with Gasteiger partial charge in [-0.1, -0.05) is 12.1 Å². The van der Waals surface area contributed by atoms with Crippen molar-refractivity contribution in [3.8, 4) is 11.5 Å². The Morgan fingerprint density at radius 2 is 1.74 bits per heavy atom. The predicted octanol–water partition coefficient (Wildman–Crippen LogP) is 2.36. The first kappa shape index (κ1) is 17.2. The molecular weight excluding hydrogens is 321 g/mol. The average molecular weight is 339 g/mol. The van der Waals surface area contributed by atoms with Crippen LogP contribution in [0.15, 0.2) is 47.4 Å². The molecular formula is C16H18FNO4S. The number of ether oxygens (including phenoxy) is 2. The zero-order chi connectivity index (χ0) is 16.9. The van der Waals surface area contributed by atoms with Crippen molar-refractivity contribution >= 4 is 10.0 Å². The quantitative estimate of drug-likeness (QED) is 0.841. The molecule has 0 unspecified atom stereocenters. The molecule has 0 fully saturated rings. The number of hydrogen-bond donors (Lipinski definition) is 1. The summed E-state index contributed by atoms with van der Waals surface area (Å²) >= 11 is 0. The lowest BCUT2D eigenvalue weighted by molar-refractivity contribution is 0.385. The van der Waals surface area contributed by atoms with E-state index in [9.17, 15) is 12.8 Å². The van der Waals surface area contributed by atoms with Gasteiger partial charge < -0.3 is 9.47 Å². The molecule has 0 aliphatic carbocycles. The van der Waals surface area contributed by atoms with Crippen LogP contribution in [-0.2, 0) is 16.4 Å². The molecule has 2 aromatic carbocycles. The molecule has 0 radical (unpaired) electrons. The minimum absolute atomic E-state index is 0.0366. The van der Waals surface area contributed by atoms with Crippen LogP contribution in [0.25, 0.3) is 0 Å². The minimum atomic E-state index is -3.71. The Morgan fingerprint density at radius 1 is 1.04 bits per heavy atom. The topological polar surface area (TPSA) is 64.6 Å². The van der Waals surface area contributed by atoms with Crippen LogP contribution in [0.3, 0.4) is 0 Å². The minimum Gasteiger partial charge on any atom is -0.497 e. The molecule has 0 heterocycles. The van der Waals surface area contributed by atoms with Gasteiger partial charge in [0.15, 0.2) is 11.6 Å². The highest BCUT2D eigenvalue weighted by molar-refractivity contribution is 7.89. The standard InChI is InChI=1S/C16H18FNO4S/c1-21-13-5-3-12(4-6-13)9-10-18-23(19,20)14-7-8-15(17)16(11-14)22-2/h3-8,11,18H,9-10H2,1-2H3. The Hall–Kier alpha value is -2.12. The van der Waals surface area contributed by atoms with E-state index in [0.717, 1.165) is 23.4 Å². The Bertz CT molecular complexity index is 760. The molecule has 0 amide bonds. The molecule has 0 aromatic heterocycles. The lowest BCUT2D eigenvalue weighted by Crippen LogP contribution is -2.26. The monoisotopic (exact) mass is 339 g/mol. The van der Waals surface area contributed by atoms with E-state index in [1.54, 1.807) is 7.11 Å². The third kappa shape index (κ3) is 4.43. The first-order chi connectivity index (χ1) is 11.0. The van der Waals surface area contributed by atoms with E-state index in [4.69, 9.17) is 9.47 Å². The van der Waals surface area contributed by atoms with Gasteiger partial charge in [0.05, 0.1) is 19.1 Å². The van der Waals surface area contributed by atoms with Crippen molar-refractivity contribution in [3.05, 3.63) is 53.8 Å². The van der Waals surface area contributed by atoms with Crippen molar-refractivity contribution < 1.29 is 22.3 Å². The number of nitrogens with one attached hydrogen (secondary N) is 1. The fourth-order valence-electron chi connectivity index (χ4n) is 2.01. The van der Waals surface area contributed by atoms with E-state index in [1.807, 2.05) is 24.3 Å². The molecule has 0 saturated carbocycles. The molecule has 5 nitrogen and oxygen atoms in total. The van der Waals surface area contributed by atoms with Gasteiger partial charge >= 0.3 is 0 Å². The zero-order valence-corrected chi connectivity index (χ0v) is 13.7. The summed E-state index contributed by atoms with van der Waals surface area (Å²) in [4.78, 5) is -0.0366. The van der Waals surface area contributed by atoms with Crippen molar-refractivity contribution in [3.63, 3.8) is 0 Å². The highest BCUT2D eigenvalue weighted by Crippen LogP contribution is 2.21. The number of benzene rings is 2. The Morgan fingerprint density at radius 3 is 2.35 bits per heavy atom. The van der Waals surface area contributed by atoms with E-state index >= 15 is 0 Å². The molecule has 124 valence electrons. The van der Waals surface area contributed by atoms with Crippen LogP contribution in [0.1, 0.15) is 5.56 Å². The van der Waals surface area contributed by atoms with Gasteiger partial charge in [0.1, 0.15) is 5.75 Å². The van der Waals surface area contributed by atoms with Crippen LogP contribution in [0, 0.1) is 5.82 Å². The van der Waals surface area contributed by atoms with E-state index in [-0.39, 0.29) is 17.2 Å². The zero-order valence-electron chi connectivity index (χ0n) is 12.9. The fraction of sp³-hybridized carbons (Fsp3) is 0.250. The highest BCUT2D eigenvalue weighted by atomic mass is 32.2. The molecule has 0 spiro atoms. The van der Waals surface area contributed by atoms with Gasteiger partial charge in [-0.2, -0.15) is 0 Å². The van der Waals surface area contributed by atoms with E-state index < -0.39 is 15.8 Å². The summed E-state index contributed by atoms with van der Waals surface area (Å²) < 4.78 is 50.1. The normalized spacial score (nSPS) is 11.3. The van der Waals surface area contributed by atoms with Crippen LogP contribution >= 0.6 is 0 Å². The Kier molecular flexibility index (Phi) is 5.57. The van der Waals surface area contributed by atoms with Crippen molar-refractivity contribution in [1.29, 1.82) is 0 Å².